The lowest BCUT2D eigenvalue weighted by molar-refractivity contribution is 0.108. The number of rotatable bonds is 4. The molecule has 0 saturated heterocycles. The molecule has 0 spiro atoms. The first-order valence-corrected chi connectivity index (χ1v) is 7.74. The van der Waals surface area contributed by atoms with Crippen LogP contribution in [0.15, 0.2) is 18.2 Å². The van der Waals surface area contributed by atoms with Crippen molar-refractivity contribution in [1.82, 2.24) is 5.32 Å². The second-order valence-electron chi connectivity index (χ2n) is 5.32. The molecular formula is C15H21Cl2NO. The molecule has 1 fully saturated rings. The van der Waals surface area contributed by atoms with Crippen LogP contribution in [0.25, 0.3) is 0 Å². The number of hydrogen-bond donors (Lipinski definition) is 2. The van der Waals surface area contributed by atoms with E-state index in [1.165, 1.54) is 0 Å². The fourth-order valence-electron chi connectivity index (χ4n) is 2.78. The smallest absolute Gasteiger partial charge is 0.0595 e. The van der Waals surface area contributed by atoms with Crippen molar-refractivity contribution < 1.29 is 5.11 Å². The topological polar surface area (TPSA) is 32.3 Å². The molecule has 2 rings (SSSR count). The molecular weight excluding hydrogens is 281 g/mol. The fraction of sp³-hybridized carbons (Fsp3) is 0.600. The van der Waals surface area contributed by atoms with E-state index < -0.39 is 0 Å². The zero-order valence-electron chi connectivity index (χ0n) is 11.2. The summed E-state index contributed by atoms with van der Waals surface area (Å²) in [6.45, 7) is 2.15. The Morgan fingerprint density at radius 1 is 1.32 bits per heavy atom. The highest BCUT2D eigenvalue weighted by Gasteiger charge is 2.22. The zero-order chi connectivity index (χ0) is 13.8. The van der Waals surface area contributed by atoms with Crippen molar-refractivity contribution in [2.24, 2.45) is 0 Å². The van der Waals surface area contributed by atoms with Crippen molar-refractivity contribution in [3.8, 4) is 0 Å². The number of nitrogens with one attached hydrogen (secondary N) is 1. The van der Waals surface area contributed by atoms with Crippen LogP contribution >= 0.6 is 23.2 Å². The van der Waals surface area contributed by atoms with Gasteiger partial charge in [0.15, 0.2) is 0 Å². The van der Waals surface area contributed by atoms with E-state index in [0.717, 1.165) is 37.7 Å². The molecule has 1 aromatic carbocycles. The molecule has 2 nitrogen and oxygen atoms in total. The van der Waals surface area contributed by atoms with Gasteiger partial charge in [0.25, 0.3) is 0 Å². The molecule has 1 aromatic rings. The molecule has 4 heteroatoms. The van der Waals surface area contributed by atoms with Crippen LogP contribution in [0, 0.1) is 0 Å². The lowest BCUT2D eigenvalue weighted by atomic mass is 9.91. The van der Waals surface area contributed by atoms with Gasteiger partial charge in [-0.25, -0.2) is 0 Å². The van der Waals surface area contributed by atoms with Crippen LogP contribution in [0.2, 0.25) is 10.0 Å². The van der Waals surface area contributed by atoms with Crippen LogP contribution in [0.5, 0.6) is 0 Å². The van der Waals surface area contributed by atoms with Crippen LogP contribution in [0.1, 0.15) is 50.6 Å². The predicted molar refractivity (Wildman–Crippen MR) is 80.9 cm³/mol. The Kier molecular flexibility index (Phi) is 5.52. The van der Waals surface area contributed by atoms with Crippen LogP contribution in [0.4, 0.5) is 0 Å². The minimum atomic E-state index is -0.155. The molecule has 0 bridgehead atoms. The van der Waals surface area contributed by atoms with Crippen LogP contribution in [-0.2, 0) is 0 Å². The van der Waals surface area contributed by atoms with E-state index >= 15 is 0 Å². The van der Waals surface area contributed by atoms with Gasteiger partial charge in [0.1, 0.15) is 0 Å². The van der Waals surface area contributed by atoms with Crippen LogP contribution in [-0.4, -0.2) is 17.3 Å². The minimum absolute atomic E-state index is 0.155. The van der Waals surface area contributed by atoms with Crippen molar-refractivity contribution in [3.05, 3.63) is 33.8 Å². The van der Waals surface area contributed by atoms with Crippen LogP contribution < -0.4 is 5.32 Å². The SMILES string of the molecule is CCC(NC1CCCC(O)C1)c1ccc(Cl)c(Cl)c1. The Labute approximate surface area is 125 Å². The largest absolute Gasteiger partial charge is 0.393 e. The summed E-state index contributed by atoms with van der Waals surface area (Å²) in [6, 6.07) is 6.46. The molecule has 1 aliphatic carbocycles. The number of aliphatic hydroxyl groups is 1. The van der Waals surface area contributed by atoms with E-state index in [9.17, 15) is 5.11 Å². The fourth-order valence-corrected chi connectivity index (χ4v) is 3.09. The van der Waals surface area contributed by atoms with Crippen molar-refractivity contribution in [2.45, 2.75) is 57.2 Å². The first-order valence-electron chi connectivity index (χ1n) is 6.99. The van der Waals surface area contributed by atoms with E-state index in [0.29, 0.717) is 16.1 Å². The third kappa shape index (κ3) is 4.09. The molecule has 19 heavy (non-hydrogen) atoms. The summed E-state index contributed by atoms with van der Waals surface area (Å²) in [6.07, 6.45) is 4.84. The summed E-state index contributed by atoms with van der Waals surface area (Å²) in [5.74, 6) is 0. The van der Waals surface area contributed by atoms with Gasteiger partial charge in [-0.2, -0.15) is 0 Å². The van der Waals surface area contributed by atoms with E-state index in [2.05, 4.69) is 12.2 Å². The highest BCUT2D eigenvalue weighted by Crippen LogP contribution is 2.28. The van der Waals surface area contributed by atoms with Crippen LogP contribution in [0.3, 0.4) is 0 Å². The van der Waals surface area contributed by atoms with Gasteiger partial charge in [-0.15, -0.1) is 0 Å². The van der Waals surface area contributed by atoms with Gasteiger partial charge in [0, 0.05) is 12.1 Å². The Balaban J connectivity index is 2.04. The van der Waals surface area contributed by atoms with Crippen molar-refractivity contribution >= 4 is 23.2 Å². The number of aliphatic hydroxyl groups excluding tert-OH is 1. The summed E-state index contributed by atoms with van der Waals surface area (Å²) in [4.78, 5) is 0. The summed E-state index contributed by atoms with van der Waals surface area (Å²) >= 11 is 12.0. The van der Waals surface area contributed by atoms with Gasteiger partial charge in [0.05, 0.1) is 16.1 Å². The third-order valence-electron chi connectivity index (χ3n) is 3.84. The molecule has 0 heterocycles. The van der Waals surface area contributed by atoms with Gasteiger partial charge in [-0.05, 0) is 49.8 Å². The van der Waals surface area contributed by atoms with Crippen molar-refractivity contribution in [1.29, 1.82) is 0 Å². The van der Waals surface area contributed by atoms with Gasteiger partial charge in [-0.3, -0.25) is 0 Å². The maximum absolute atomic E-state index is 9.74. The Morgan fingerprint density at radius 3 is 2.74 bits per heavy atom. The highest BCUT2D eigenvalue weighted by molar-refractivity contribution is 6.42. The molecule has 1 aliphatic rings. The molecule has 2 N–H and O–H groups in total. The predicted octanol–water partition coefficient (Wildman–Crippen LogP) is 4.34. The van der Waals surface area contributed by atoms with Gasteiger partial charge < -0.3 is 10.4 Å². The summed E-state index contributed by atoms with van der Waals surface area (Å²) < 4.78 is 0. The van der Waals surface area contributed by atoms with E-state index in [1.54, 1.807) is 0 Å². The molecule has 0 aliphatic heterocycles. The number of benzene rings is 1. The third-order valence-corrected chi connectivity index (χ3v) is 4.58. The van der Waals surface area contributed by atoms with E-state index in [4.69, 9.17) is 23.2 Å². The Hall–Kier alpha value is -0.280. The Morgan fingerprint density at radius 2 is 2.11 bits per heavy atom. The second kappa shape index (κ2) is 6.94. The van der Waals surface area contributed by atoms with Crippen molar-refractivity contribution in [2.75, 3.05) is 0 Å². The van der Waals surface area contributed by atoms with Crippen molar-refractivity contribution in [3.63, 3.8) is 0 Å². The molecule has 0 radical (unpaired) electrons. The lowest BCUT2D eigenvalue weighted by Gasteiger charge is -2.30. The van der Waals surface area contributed by atoms with E-state index in [-0.39, 0.29) is 12.1 Å². The number of halogens is 2. The highest BCUT2D eigenvalue weighted by atomic mass is 35.5. The van der Waals surface area contributed by atoms with Gasteiger partial charge in [-0.1, -0.05) is 36.2 Å². The number of hydrogen-bond acceptors (Lipinski definition) is 2. The summed E-state index contributed by atoms with van der Waals surface area (Å²) in [5.41, 5.74) is 1.16. The first kappa shape index (κ1) is 15.1. The summed E-state index contributed by atoms with van der Waals surface area (Å²) in [7, 11) is 0. The monoisotopic (exact) mass is 301 g/mol. The maximum Gasteiger partial charge on any atom is 0.0595 e. The molecule has 3 atom stereocenters. The summed E-state index contributed by atoms with van der Waals surface area (Å²) in [5, 5.41) is 14.6. The second-order valence-corrected chi connectivity index (χ2v) is 6.13. The first-order chi connectivity index (χ1) is 9.10. The molecule has 106 valence electrons. The zero-order valence-corrected chi connectivity index (χ0v) is 12.7. The average molecular weight is 302 g/mol. The molecule has 3 unspecified atom stereocenters. The quantitative estimate of drug-likeness (QED) is 0.867. The standard InChI is InChI=1S/C15H21Cl2NO/c1-2-15(10-6-7-13(16)14(17)8-10)18-11-4-3-5-12(19)9-11/h6-8,11-12,15,18-19H,2-5,9H2,1H3. The molecule has 0 aromatic heterocycles. The van der Waals surface area contributed by atoms with E-state index in [1.807, 2.05) is 18.2 Å². The van der Waals surface area contributed by atoms with Gasteiger partial charge in [0.2, 0.25) is 0 Å². The molecule has 0 amide bonds. The lowest BCUT2D eigenvalue weighted by Crippen LogP contribution is -2.38. The minimum Gasteiger partial charge on any atom is -0.393 e. The maximum atomic E-state index is 9.74. The van der Waals surface area contributed by atoms with Gasteiger partial charge >= 0.3 is 0 Å². The average Bonchev–Trinajstić information content (AvgIpc) is 2.39. The Bertz CT molecular complexity index is 425. The normalized spacial score (nSPS) is 25.3. The molecule has 1 saturated carbocycles.